The molecule has 0 aliphatic carbocycles. The number of thiazole rings is 1. The summed E-state index contributed by atoms with van der Waals surface area (Å²) >= 11 is 4.78. The molecule has 0 spiro atoms. The van der Waals surface area contributed by atoms with Crippen molar-refractivity contribution in [3.8, 4) is 5.75 Å². The van der Waals surface area contributed by atoms with Crippen LogP contribution in [0.25, 0.3) is 32.8 Å². The molecule has 0 N–H and O–H groups in total. The van der Waals surface area contributed by atoms with Crippen LogP contribution in [0.2, 0.25) is 0 Å². The lowest BCUT2D eigenvalue weighted by molar-refractivity contribution is 0.0736. The van der Waals surface area contributed by atoms with Crippen LogP contribution in [0.15, 0.2) is 94.2 Å². The summed E-state index contributed by atoms with van der Waals surface area (Å²) in [7, 11) is 0. The van der Waals surface area contributed by atoms with Gasteiger partial charge in [-0.15, -0.1) is 0 Å². The van der Waals surface area contributed by atoms with Gasteiger partial charge in [0.15, 0.2) is 4.96 Å². The van der Waals surface area contributed by atoms with Crippen LogP contribution >= 0.6 is 27.3 Å². The zero-order valence-corrected chi connectivity index (χ0v) is 20.0. The first-order chi connectivity index (χ1) is 16.6. The van der Waals surface area contributed by atoms with Crippen LogP contribution in [0.5, 0.6) is 5.75 Å². The second kappa shape index (κ2) is 8.20. The summed E-state index contributed by atoms with van der Waals surface area (Å²) in [4.78, 5) is 31.5. The lowest BCUT2D eigenvalue weighted by atomic mass is 10.0. The highest BCUT2D eigenvalue weighted by Gasteiger charge is 2.16. The van der Waals surface area contributed by atoms with E-state index >= 15 is 0 Å². The Hall–Kier alpha value is -3.81. The van der Waals surface area contributed by atoms with E-state index in [-0.39, 0.29) is 5.56 Å². The molecular weight excluding hydrogens is 512 g/mol. The highest BCUT2D eigenvalue weighted by molar-refractivity contribution is 9.10. The van der Waals surface area contributed by atoms with E-state index in [2.05, 4.69) is 20.9 Å². The Labute approximate surface area is 205 Å². The van der Waals surface area contributed by atoms with Gasteiger partial charge in [-0.1, -0.05) is 75.8 Å². The Morgan fingerprint density at radius 1 is 0.971 bits per heavy atom. The number of imidazole rings is 1. The standard InChI is InChI=1S/C27H15BrN2O3S/c28-18-12-13-23(33-26(32)20-9-5-7-16-6-1-2-8-19(16)20)17(14-18)15-24-25(31)30-22-11-4-3-10-21(22)29-27(30)34-24/h1-15H/b24-15-. The molecular formula is C27H15BrN2O3S. The average molecular weight is 527 g/mol. The first kappa shape index (κ1) is 20.8. The summed E-state index contributed by atoms with van der Waals surface area (Å²) < 4.78 is 8.75. The van der Waals surface area contributed by atoms with Crippen molar-refractivity contribution in [1.29, 1.82) is 0 Å². The molecule has 6 rings (SSSR count). The number of halogens is 1. The van der Waals surface area contributed by atoms with Gasteiger partial charge in [0.05, 0.1) is 21.1 Å². The number of benzene rings is 4. The van der Waals surface area contributed by atoms with Crippen molar-refractivity contribution in [2.24, 2.45) is 0 Å². The van der Waals surface area contributed by atoms with E-state index in [1.165, 1.54) is 11.3 Å². The number of fused-ring (bicyclic) bond motifs is 4. The van der Waals surface area contributed by atoms with Gasteiger partial charge in [-0.2, -0.15) is 0 Å². The number of carbonyl (C=O) groups excluding carboxylic acids is 1. The number of nitrogens with zero attached hydrogens (tertiary/aromatic N) is 2. The molecule has 7 heteroatoms. The molecule has 0 aliphatic heterocycles. The van der Waals surface area contributed by atoms with Crippen molar-refractivity contribution >= 4 is 66.1 Å². The van der Waals surface area contributed by atoms with E-state index < -0.39 is 5.97 Å². The summed E-state index contributed by atoms with van der Waals surface area (Å²) in [6, 6.07) is 26.1. The molecule has 0 bridgehead atoms. The minimum Gasteiger partial charge on any atom is -0.422 e. The van der Waals surface area contributed by atoms with Crippen molar-refractivity contribution in [3.05, 3.63) is 115 Å². The Kier molecular flexibility index (Phi) is 5.01. The first-order valence-electron chi connectivity index (χ1n) is 10.5. The van der Waals surface area contributed by atoms with E-state index in [1.807, 2.05) is 66.7 Å². The maximum absolute atomic E-state index is 13.2. The number of para-hydroxylation sites is 2. The SMILES string of the molecule is O=C(Oc1ccc(Br)cc1/C=c1\sc2nc3ccccc3n2c1=O)c1cccc2ccccc12. The largest absolute Gasteiger partial charge is 0.422 e. The zero-order valence-electron chi connectivity index (χ0n) is 17.6. The third-order valence-corrected chi connectivity index (χ3v) is 7.08. The van der Waals surface area contributed by atoms with Gasteiger partial charge < -0.3 is 4.74 Å². The van der Waals surface area contributed by atoms with Crippen molar-refractivity contribution < 1.29 is 9.53 Å². The number of esters is 1. The average Bonchev–Trinajstić information content (AvgIpc) is 3.36. The van der Waals surface area contributed by atoms with Gasteiger partial charge in [-0.3, -0.25) is 4.79 Å². The molecule has 34 heavy (non-hydrogen) atoms. The molecule has 0 aliphatic rings. The minimum absolute atomic E-state index is 0.153. The molecule has 0 radical (unpaired) electrons. The fourth-order valence-corrected chi connectivity index (χ4v) is 5.39. The predicted molar refractivity (Wildman–Crippen MR) is 139 cm³/mol. The number of hydrogen-bond acceptors (Lipinski definition) is 5. The molecule has 0 unspecified atom stereocenters. The normalized spacial score (nSPS) is 12.1. The second-order valence-electron chi connectivity index (χ2n) is 7.73. The van der Waals surface area contributed by atoms with Crippen LogP contribution in [0.3, 0.4) is 0 Å². The van der Waals surface area contributed by atoms with Gasteiger partial charge in [0.25, 0.3) is 5.56 Å². The van der Waals surface area contributed by atoms with Crippen LogP contribution in [0.1, 0.15) is 15.9 Å². The predicted octanol–water partition coefficient (Wildman–Crippen LogP) is 5.59. The topological polar surface area (TPSA) is 60.7 Å². The Morgan fingerprint density at radius 3 is 2.68 bits per heavy atom. The lowest BCUT2D eigenvalue weighted by Crippen LogP contribution is -2.22. The summed E-state index contributed by atoms with van der Waals surface area (Å²) in [6.45, 7) is 0. The Bertz CT molecular complexity index is 1850. The van der Waals surface area contributed by atoms with Crippen molar-refractivity contribution in [2.45, 2.75) is 0 Å². The molecule has 2 heterocycles. The minimum atomic E-state index is -0.455. The van der Waals surface area contributed by atoms with Crippen molar-refractivity contribution in [2.75, 3.05) is 0 Å². The molecule has 4 aromatic carbocycles. The van der Waals surface area contributed by atoms with E-state index in [1.54, 1.807) is 28.7 Å². The molecule has 6 aromatic rings. The monoisotopic (exact) mass is 526 g/mol. The van der Waals surface area contributed by atoms with Crippen LogP contribution < -0.4 is 14.8 Å². The number of hydrogen-bond donors (Lipinski definition) is 0. The number of ether oxygens (including phenoxy) is 1. The lowest BCUT2D eigenvalue weighted by Gasteiger charge is -2.10. The van der Waals surface area contributed by atoms with Gasteiger partial charge in [0, 0.05) is 10.0 Å². The maximum atomic E-state index is 13.2. The summed E-state index contributed by atoms with van der Waals surface area (Å²) in [5.74, 6) is -0.0838. The highest BCUT2D eigenvalue weighted by atomic mass is 79.9. The van der Waals surface area contributed by atoms with Crippen LogP contribution in [-0.2, 0) is 0 Å². The van der Waals surface area contributed by atoms with Gasteiger partial charge >= 0.3 is 5.97 Å². The van der Waals surface area contributed by atoms with Gasteiger partial charge in [-0.05, 0) is 53.2 Å². The quantitative estimate of drug-likeness (QED) is 0.222. The third-order valence-electron chi connectivity index (χ3n) is 5.62. The fraction of sp³-hybridized carbons (Fsp3) is 0. The van der Waals surface area contributed by atoms with E-state index in [9.17, 15) is 9.59 Å². The van der Waals surface area contributed by atoms with E-state index in [0.29, 0.717) is 26.4 Å². The maximum Gasteiger partial charge on any atom is 0.344 e. The Morgan fingerprint density at radius 2 is 1.76 bits per heavy atom. The second-order valence-corrected chi connectivity index (χ2v) is 9.66. The van der Waals surface area contributed by atoms with E-state index in [4.69, 9.17) is 4.74 Å². The molecule has 0 saturated heterocycles. The van der Waals surface area contributed by atoms with Crippen molar-refractivity contribution in [3.63, 3.8) is 0 Å². The number of carbonyl (C=O) groups is 1. The van der Waals surface area contributed by atoms with E-state index in [0.717, 1.165) is 26.3 Å². The van der Waals surface area contributed by atoms with Gasteiger partial charge in [0.1, 0.15) is 5.75 Å². The summed E-state index contributed by atoms with van der Waals surface area (Å²) in [5.41, 5.74) is 2.51. The molecule has 0 saturated carbocycles. The van der Waals surface area contributed by atoms with Gasteiger partial charge in [-0.25, -0.2) is 14.2 Å². The molecule has 2 aromatic heterocycles. The Balaban J connectivity index is 1.45. The van der Waals surface area contributed by atoms with Crippen LogP contribution in [-0.4, -0.2) is 15.4 Å². The van der Waals surface area contributed by atoms with Crippen molar-refractivity contribution in [1.82, 2.24) is 9.38 Å². The summed E-state index contributed by atoms with van der Waals surface area (Å²) in [6.07, 6.45) is 1.74. The highest BCUT2D eigenvalue weighted by Crippen LogP contribution is 2.27. The van der Waals surface area contributed by atoms with Crippen LogP contribution in [0.4, 0.5) is 0 Å². The third kappa shape index (κ3) is 3.50. The smallest absolute Gasteiger partial charge is 0.344 e. The van der Waals surface area contributed by atoms with Crippen LogP contribution in [0, 0.1) is 0 Å². The number of rotatable bonds is 3. The summed E-state index contributed by atoms with van der Waals surface area (Å²) in [5, 5.41) is 1.79. The number of aromatic nitrogens is 2. The van der Waals surface area contributed by atoms with Gasteiger partial charge in [0.2, 0.25) is 0 Å². The molecule has 0 atom stereocenters. The fourth-order valence-electron chi connectivity index (χ4n) is 4.04. The molecule has 5 nitrogen and oxygen atoms in total. The zero-order chi connectivity index (χ0) is 23.2. The molecule has 0 amide bonds. The molecule has 0 fully saturated rings. The molecule has 164 valence electrons. The first-order valence-corrected chi connectivity index (χ1v) is 12.1.